The van der Waals surface area contributed by atoms with Gasteiger partial charge in [0, 0.05) is 25.8 Å². The van der Waals surface area contributed by atoms with E-state index in [4.69, 9.17) is 0 Å². The van der Waals surface area contributed by atoms with Crippen molar-refractivity contribution in [1.29, 1.82) is 0 Å². The van der Waals surface area contributed by atoms with Crippen molar-refractivity contribution < 1.29 is 25.8 Å². The summed E-state index contributed by atoms with van der Waals surface area (Å²) in [6.07, 6.45) is 5.49. The van der Waals surface area contributed by atoms with E-state index in [1.165, 1.54) is 60.9 Å². The van der Waals surface area contributed by atoms with Crippen molar-refractivity contribution in [2.24, 2.45) is 0 Å². The van der Waals surface area contributed by atoms with Crippen molar-refractivity contribution >= 4 is 16.3 Å². The number of hydrogen-bond donors (Lipinski definition) is 0. The molecule has 0 N–H and O–H groups in total. The SMILES string of the molecule is Cc1c(C)c(C)[c-](C)c1C.[C-]1=C(Cc2ccccc2)c2cc3ccccc3cc2C1.[Hf]. The Kier molecular flexibility index (Phi) is 7.59. The fourth-order valence-corrected chi connectivity index (χ4v) is 4.38. The van der Waals surface area contributed by atoms with Crippen molar-refractivity contribution in [2.45, 2.75) is 47.5 Å². The van der Waals surface area contributed by atoms with Crippen LogP contribution in [0.5, 0.6) is 0 Å². The van der Waals surface area contributed by atoms with Crippen molar-refractivity contribution in [2.75, 3.05) is 0 Å². The predicted molar refractivity (Wildman–Crippen MR) is 130 cm³/mol. The molecule has 0 radical (unpaired) electrons. The quantitative estimate of drug-likeness (QED) is 0.171. The molecule has 0 aliphatic heterocycles. The minimum atomic E-state index is 0. The first kappa shape index (κ1) is 23.5. The maximum Gasteiger partial charge on any atom is 0 e. The van der Waals surface area contributed by atoms with Crippen LogP contribution in [0.1, 0.15) is 44.5 Å². The fourth-order valence-electron chi connectivity index (χ4n) is 4.38. The minimum absolute atomic E-state index is 0. The van der Waals surface area contributed by atoms with Gasteiger partial charge < -0.3 is 0 Å². The summed E-state index contributed by atoms with van der Waals surface area (Å²) in [6.45, 7) is 11.0. The molecule has 0 aromatic heterocycles. The Labute approximate surface area is 206 Å². The Morgan fingerprint density at radius 3 is 1.87 bits per heavy atom. The van der Waals surface area contributed by atoms with E-state index < -0.39 is 0 Å². The summed E-state index contributed by atoms with van der Waals surface area (Å²) < 4.78 is 0. The molecule has 0 fully saturated rings. The van der Waals surface area contributed by atoms with E-state index >= 15 is 0 Å². The van der Waals surface area contributed by atoms with Gasteiger partial charge in [-0.1, -0.05) is 95.3 Å². The van der Waals surface area contributed by atoms with E-state index in [1.807, 2.05) is 0 Å². The first-order valence-electron chi connectivity index (χ1n) is 10.8. The van der Waals surface area contributed by atoms with Crippen LogP contribution in [0.4, 0.5) is 0 Å². The Bertz CT molecular complexity index is 1140. The van der Waals surface area contributed by atoms with Crippen molar-refractivity contribution in [3.63, 3.8) is 0 Å². The van der Waals surface area contributed by atoms with Gasteiger partial charge in [-0.2, -0.15) is 33.4 Å². The summed E-state index contributed by atoms with van der Waals surface area (Å²) in [7, 11) is 0. The number of rotatable bonds is 2. The van der Waals surface area contributed by atoms with Crippen LogP contribution in [0.15, 0.2) is 66.7 Å². The van der Waals surface area contributed by atoms with Crippen LogP contribution >= 0.6 is 0 Å². The van der Waals surface area contributed by atoms with Gasteiger partial charge in [-0.15, -0.1) is 18.1 Å². The van der Waals surface area contributed by atoms with Gasteiger partial charge in [0.2, 0.25) is 0 Å². The average Bonchev–Trinajstić information content (AvgIpc) is 3.23. The number of fused-ring (bicyclic) bond motifs is 2. The molecule has 156 valence electrons. The van der Waals surface area contributed by atoms with Gasteiger partial charge in [0.15, 0.2) is 0 Å². The normalized spacial score (nSPS) is 12.0. The van der Waals surface area contributed by atoms with Crippen molar-refractivity contribution in [1.82, 2.24) is 0 Å². The summed E-state index contributed by atoms with van der Waals surface area (Å²) in [5, 5.41) is 2.65. The standard InChI is InChI=1S/C20H15.C10H15.Hf/c1-2-6-15(7-3-1)12-18-10-11-19-13-16-8-4-5-9-17(16)14-20(18)19;1-6-7(2)9(4)10(5)8(6)3;/h1-9,13-14H,11-12H2;1-5H3;/q2*-1;. The van der Waals surface area contributed by atoms with E-state index in [9.17, 15) is 0 Å². The molecule has 1 aliphatic carbocycles. The summed E-state index contributed by atoms with van der Waals surface area (Å²) in [5.74, 6) is 0. The number of benzene rings is 3. The van der Waals surface area contributed by atoms with Gasteiger partial charge in [0.1, 0.15) is 0 Å². The molecule has 1 aliphatic rings. The topological polar surface area (TPSA) is 0 Å². The second-order valence-corrected chi connectivity index (χ2v) is 8.48. The van der Waals surface area contributed by atoms with E-state index in [-0.39, 0.29) is 25.8 Å². The first-order chi connectivity index (χ1) is 14.5. The molecular weight excluding hydrogens is 539 g/mol. The Morgan fingerprint density at radius 1 is 0.774 bits per heavy atom. The Balaban J connectivity index is 0.000000212. The molecule has 0 bridgehead atoms. The molecule has 5 rings (SSSR count). The zero-order chi connectivity index (χ0) is 21.3. The van der Waals surface area contributed by atoms with Crippen molar-refractivity contribution in [3.05, 3.63) is 117 Å². The third-order valence-corrected chi connectivity index (χ3v) is 6.83. The van der Waals surface area contributed by atoms with Gasteiger partial charge in [-0.05, 0) is 22.8 Å². The zero-order valence-electron chi connectivity index (χ0n) is 19.3. The molecule has 0 nitrogen and oxygen atoms in total. The van der Waals surface area contributed by atoms with Crippen LogP contribution in [0.3, 0.4) is 0 Å². The maximum atomic E-state index is 3.56. The van der Waals surface area contributed by atoms with E-state index in [0.717, 1.165) is 12.8 Å². The molecular formula is C30H30Hf-2. The third kappa shape index (κ3) is 4.88. The maximum absolute atomic E-state index is 3.56. The van der Waals surface area contributed by atoms with Gasteiger partial charge >= 0.3 is 0 Å². The molecule has 0 unspecified atom stereocenters. The predicted octanol–water partition coefficient (Wildman–Crippen LogP) is 7.77. The zero-order valence-corrected chi connectivity index (χ0v) is 22.9. The van der Waals surface area contributed by atoms with Crippen LogP contribution in [0.25, 0.3) is 16.3 Å². The molecule has 0 heterocycles. The van der Waals surface area contributed by atoms with Gasteiger partial charge in [0.25, 0.3) is 0 Å². The van der Waals surface area contributed by atoms with Crippen LogP contribution in [-0.2, 0) is 38.7 Å². The summed E-state index contributed by atoms with van der Waals surface area (Å²) in [6, 6.07) is 23.9. The molecule has 0 amide bonds. The van der Waals surface area contributed by atoms with Crippen LogP contribution in [0.2, 0.25) is 0 Å². The second-order valence-electron chi connectivity index (χ2n) is 8.48. The second kappa shape index (κ2) is 10.0. The van der Waals surface area contributed by atoms with Crippen LogP contribution in [0, 0.1) is 40.7 Å². The smallest absolute Gasteiger partial charge is 0 e. The molecule has 31 heavy (non-hydrogen) atoms. The van der Waals surface area contributed by atoms with E-state index in [2.05, 4.69) is 107 Å². The van der Waals surface area contributed by atoms with E-state index in [0.29, 0.717) is 0 Å². The molecule has 1 heteroatoms. The average molecular weight is 569 g/mol. The summed E-state index contributed by atoms with van der Waals surface area (Å²) in [4.78, 5) is 0. The van der Waals surface area contributed by atoms with E-state index in [1.54, 1.807) is 0 Å². The number of hydrogen-bond acceptors (Lipinski definition) is 0. The molecule has 4 aromatic rings. The van der Waals surface area contributed by atoms with Gasteiger partial charge in [-0.3, -0.25) is 6.08 Å². The monoisotopic (exact) mass is 570 g/mol. The van der Waals surface area contributed by atoms with Gasteiger partial charge in [0.05, 0.1) is 0 Å². The van der Waals surface area contributed by atoms with Crippen molar-refractivity contribution in [3.8, 4) is 0 Å². The van der Waals surface area contributed by atoms with Crippen LogP contribution in [-0.4, -0.2) is 0 Å². The van der Waals surface area contributed by atoms with Crippen LogP contribution < -0.4 is 0 Å². The Hall–Kier alpha value is -2.12. The van der Waals surface area contributed by atoms with Gasteiger partial charge in [-0.25, -0.2) is 5.57 Å². The Morgan fingerprint density at radius 2 is 1.32 bits per heavy atom. The minimum Gasteiger partial charge on any atom is -0.268 e. The number of allylic oxidation sites excluding steroid dienone is 2. The largest absolute Gasteiger partial charge is 0.268 e. The molecule has 0 saturated heterocycles. The molecule has 0 spiro atoms. The molecule has 0 atom stereocenters. The molecule has 0 saturated carbocycles. The third-order valence-electron chi connectivity index (χ3n) is 6.83. The fraction of sp³-hybridized carbons (Fsp3) is 0.233. The summed E-state index contributed by atoms with van der Waals surface area (Å²) >= 11 is 0. The first-order valence-corrected chi connectivity index (χ1v) is 10.8. The molecule has 4 aromatic carbocycles. The summed E-state index contributed by atoms with van der Waals surface area (Å²) in [5.41, 5.74) is 12.8.